The predicted octanol–water partition coefficient (Wildman–Crippen LogP) is 20.4. The number of anilines is 4. The van der Waals surface area contributed by atoms with Gasteiger partial charge in [0.1, 0.15) is 28.8 Å². The van der Waals surface area contributed by atoms with Gasteiger partial charge >= 0.3 is 0 Å². The van der Waals surface area contributed by atoms with Crippen LogP contribution in [0.3, 0.4) is 0 Å². The summed E-state index contributed by atoms with van der Waals surface area (Å²) in [5.41, 5.74) is 9.47. The summed E-state index contributed by atoms with van der Waals surface area (Å²) in [5, 5.41) is 53.5. The first-order valence-electron chi connectivity index (χ1n) is 40.5. The Bertz CT molecular complexity index is 6280. The minimum atomic E-state index is -0.242. The number of ether oxygens (including phenoxy) is 2. The van der Waals surface area contributed by atoms with E-state index in [0.29, 0.717) is 82.6 Å². The molecule has 27 heteroatoms. The minimum Gasteiger partial charge on any atom is -0.457 e. The van der Waals surface area contributed by atoms with Crippen LogP contribution in [0.25, 0.3) is 40.9 Å². The fourth-order valence-corrected chi connectivity index (χ4v) is 17.9. The van der Waals surface area contributed by atoms with Crippen LogP contribution in [0.5, 0.6) is 23.0 Å². The summed E-state index contributed by atoms with van der Waals surface area (Å²) in [4.78, 5) is 46.4. The van der Waals surface area contributed by atoms with Gasteiger partial charge in [-0.05, 0) is 182 Å². The number of aromatic nitrogens is 4. The standard InChI is InChI=1S/2C27H23N5OS.C22H21N5S.C21H18FN5S/c28-17-14-21-16-19-30-26(32(21)27-31-23-11-5-7-13-25(23)34-27)29-18-15-20-8-4-6-12-24(20)33-22-9-2-1-3-10-22;28-17-14-21-16-19-30-26(32(21)27-31-24-8-4-5-9-25(24)34-27)29-18-15-20-10-12-23(13-11-20)33-22-6-2-1-3-7-22;1-16-6-8-17(9-7-16)11-14-24-21-25-15-12-18(10-13-23)27(21)22-26-19-4-2-3-5-20(19)28-22;22-16-5-3-4-15(14-16)9-12-24-20-25-13-10-17(8-11-23)27(20)21-26-18-6-1-2-7-19(18)28-21/h2*1-13,16,19,21H,14-15,18H2,(H,29,30);2-9,12,15,18H,10-11,14H2,1H3,(H,24,25);1-7,10,13-14,17H,8-9,12H2,(H,24,25). The number of thiazole rings is 4. The van der Waals surface area contributed by atoms with Crippen LogP contribution < -0.4 is 50.3 Å². The van der Waals surface area contributed by atoms with Gasteiger partial charge in [-0.1, -0.05) is 203 Å². The number of hydrogen-bond donors (Lipinski definition) is 4. The van der Waals surface area contributed by atoms with E-state index in [1.54, 1.807) is 51.4 Å². The first-order chi connectivity index (χ1) is 61.1. The van der Waals surface area contributed by atoms with Gasteiger partial charge in [-0.2, -0.15) is 21.0 Å². The summed E-state index contributed by atoms with van der Waals surface area (Å²) in [5.74, 6) is 5.83. The molecule has 4 unspecified atom stereocenters. The van der Waals surface area contributed by atoms with Gasteiger partial charge in [0.25, 0.3) is 0 Å². The molecule has 14 aromatic rings. The molecule has 0 aliphatic carbocycles. The van der Waals surface area contributed by atoms with Crippen molar-refractivity contribution in [3.63, 3.8) is 0 Å². The van der Waals surface area contributed by atoms with E-state index in [-0.39, 0.29) is 30.0 Å². The SMILES string of the molecule is Cc1ccc(CCN=C2NC=CC(CC#N)N2c2nc3ccccc3s2)cc1.N#CCC1C=CNC(=NCCc2ccc(Oc3ccccc3)cc2)N1c1nc2ccccc2s1.N#CCC1C=CNC(=NCCc2cccc(F)c2)N1c1nc2ccccc2s1.N#CCC1C=CNC(=NCCc2ccccc2Oc2ccccc2)N1c1nc2ccccc2s1. The van der Waals surface area contributed by atoms with E-state index in [9.17, 15) is 25.4 Å². The number of nitriles is 4. The van der Waals surface area contributed by atoms with Crippen LogP contribution in [0.2, 0.25) is 0 Å². The molecule has 0 saturated heterocycles. The first kappa shape index (κ1) is 84.3. The molecule has 18 rings (SSSR count). The van der Waals surface area contributed by atoms with Crippen molar-refractivity contribution >= 4 is 131 Å². The highest BCUT2D eigenvalue weighted by atomic mass is 32.1. The Morgan fingerprint density at radius 3 is 1.04 bits per heavy atom. The van der Waals surface area contributed by atoms with Crippen LogP contribution in [-0.2, 0) is 25.7 Å². The van der Waals surface area contributed by atoms with Crippen molar-refractivity contribution in [1.82, 2.24) is 41.2 Å². The lowest BCUT2D eigenvalue weighted by atomic mass is 10.1. The van der Waals surface area contributed by atoms with Crippen molar-refractivity contribution in [2.45, 2.75) is 82.5 Å². The van der Waals surface area contributed by atoms with Gasteiger partial charge in [0, 0.05) is 51.0 Å². The Kier molecular flexibility index (Phi) is 28.9. The smallest absolute Gasteiger partial charge is 0.204 e. The highest BCUT2D eigenvalue weighted by molar-refractivity contribution is 7.23. The fourth-order valence-electron chi connectivity index (χ4n) is 13.8. The van der Waals surface area contributed by atoms with Crippen molar-refractivity contribution in [2.24, 2.45) is 20.0 Å². The zero-order chi connectivity index (χ0) is 85.0. The number of fused-ring (bicyclic) bond motifs is 4. The Balaban J connectivity index is 0.000000129. The van der Waals surface area contributed by atoms with Crippen molar-refractivity contribution in [3.8, 4) is 47.3 Å². The molecule has 0 spiro atoms. The molecule has 0 amide bonds. The molecular formula is C97H85FN20O2S4. The molecule has 0 bridgehead atoms. The number of benzene rings is 10. The first-order valence-corrected chi connectivity index (χ1v) is 43.8. The van der Waals surface area contributed by atoms with Gasteiger partial charge in [0.2, 0.25) is 23.8 Å². The summed E-state index contributed by atoms with van der Waals surface area (Å²) in [6.07, 6.45) is 19.7. The van der Waals surface area contributed by atoms with Crippen LogP contribution in [0.15, 0.2) is 324 Å². The highest BCUT2D eigenvalue weighted by Crippen LogP contribution is 2.37. The van der Waals surface area contributed by atoms with Crippen molar-refractivity contribution in [3.05, 3.63) is 338 Å². The molecule has 10 aromatic carbocycles. The van der Waals surface area contributed by atoms with Gasteiger partial charge < -0.3 is 30.7 Å². The molecule has 4 aromatic heterocycles. The number of aryl methyl sites for hydroxylation is 1. The number of aliphatic imine (C=N–C) groups is 4. The minimum absolute atomic E-state index is 0.0788. The van der Waals surface area contributed by atoms with E-state index in [0.717, 1.165) is 114 Å². The molecule has 8 heterocycles. The summed E-state index contributed by atoms with van der Waals surface area (Å²) < 4.78 is 29.8. The van der Waals surface area contributed by atoms with Gasteiger partial charge in [-0.25, -0.2) is 24.3 Å². The Morgan fingerprint density at radius 2 is 0.669 bits per heavy atom. The zero-order valence-electron chi connectivity index (χ0n) is 67.6. The Labute approximate surface area is 734 Å². The van der Waals surface area contributed by atoms with Crippen molar-refractivity contribution in [1.29, 1.82) is 21.0 Å². The van der Waals surface area contributed by atoms with Crippen LogP contribution >= 0.6 is 45.3 Å². The van der Waals surface area contributed by atoms with E-state index < -0.39 is 0 Å². The van der Waals surface area contributed by atoms with Crippen molar-refractivity contribution < 1.29 is 13.9 Å². The highest BCUT2D eigenvalue weighted by Gasteiger charge is 2.32. The average molecular weight is 1710 g/mol. The second kappa shape index (κ2) is 42.5. The normalized spacial score (nSPS) is 17.0. The van der Waals surface area contributed by atoms with E-state index in [1.807, 2.05) is 245 Å². The second-order valence-electron chi connectivity index (χ2n) is 28.6. The molecule has 124 heavy (non-hydrogen) atoms. The summed E-state index contributed by atoms with van der Waals surface area (Å²) in [6, 6.07) is 91.5. The average Bonchev–Trinajstić information content (AvgIpc) is 1.61. The van der Waals surface area contributed by atoms with E-state index >= 15 is 0 Å². The number of hydrogen-bond acceptors (Lipinski definition) is 18. The molecule has 4 atom stereocenters. The molecule has 4 aliphatic heterocycles. The third-order valence-corrected chi connectivity index (χ3v) is 24.1. The lowest BCUT2D eigenvalue weighted by Crippen LogP contribution is -2.48. The number of guanidine groups is 4. The van der Waals surface area contributed by atoms with Crippen molar-refractivity contribution in [2.75, 3.05) is 45.8 Å². The van der Waals surface area contributed by atoms with Crippen LogP contribution in [0, 0.1) is 58.1 Å². The fraction of sp³-hybridized carbons (Fsp3) is 0.175. The van der Waals surface area contributed by atoms with E-state index in [4.69, 9.17) is 44.4 Å². The number of nitrogens with one attached hydrogen (secondary N) is 4. The molecule has 0 radical (unpaired) electrons. The number of nitrogens with zero attached hydrogens (tertiary/aromatic N) is 16. The van der Waals surface area contributed by atoms with E-state index in [2.05, 4.69) is 118 Å². The van der Waals surface area contributed by atoms with E-state index in [1.165, 1.54) is 28.8 Å². The molecule has 4 N–H and O–H groups in total. The van der Waals surface area contributed by atoms with Gasteiger partial charge in [-0.15, -0.1) is 0 Å². The van der Waals surface area contributed by atoms with Crippen LogP contribution in [-0.4, -0.2) is 94.1 Å². The number of rotatable bonds is 24. The molecule has 0 fully saturated rings. The molecule has 0 saturated carbocycles. The van der Waals surface area contributed by atoms with Gasteiger partial charge in [0.15, 0.2) is 20.5 Å². The van der Waals surface area contributed by atoms with Crippen LogP contribution in [0.1, 0.15) is 53.5 Å². The largest absolute Gasteiger partial charge is 0.457 e. The molecule has 4 aliphatic rings. The zero-order valence-corrected chi connectivity index (χ0v) is 70.9. The topological polar surface area (TPSA) is 276 Å². The second-order valence-corrected chi connectivity index (χ2v) is 32.6. The lowest BCUT2D eigenvalue weighted by Gasteiger charge is -2.32. The monoisotopic (exact) mass is 1710 g/mol. The number of para-hydroxylation sites is 7. The summed E-state index contributed by atoms with van der Waals surface area (Å²) >= 11 is 6.40. The van der Waals surface area contributed by atoms with Gasteiger partial charge in [0.05, 0.1) is 115 Å². The lowest BCUT2D eigenvalue weighted by molar-refractivity contribution is 0.476. The molecule has 22 nitrogen and oxygen atoms in total. The summed E-state index contributed by atoms with van der Waals surface area (Å²) in [6.45, 7) is 4.43. The Hall–Kier alpha value is -14.7. The maximum atomic E-state index is 13.4. The Morgan fingerprint density at radius 1 is 0.347 bits per heavy atom. The maximum Gasteiger partial charge on any atom is 0.204 e. The quantitative estimate of drug-likeness (QED) is 0.0437. The maximum absolute atomic E-state index is 13.4. The van der Waals surface area contributed by atoms with Gasteiger partial charge in [-0.3, -0.25) is 39.6 Å². The third kappa shape index (κ3) is 22.1. The molecular weight excluding hydrogens is 1620 g/mol. The molecule has 616 valence electrons. The summed E-state index contributed by atoms with van der Waals surface area (Å²) in [7, 11) is 0. The van der Waals surface area contributed by atoms with Crippen LogP contribution in [0.4, 0.5) is 24.9 Å². The third-order valence-electron chi connectivity index (χ3n) is 20.0. The predicted molar refractivity (Wildman–Crippen MR) is 501 cm³/mol. The number of halogens is 1.